The van der Waals surface area contributed by atoms with Crippen LogP contribution in [0.3, 0.4) is 0 Å². The molecule has 1 aliphatic rings. The molecule has 0 radical (unpaired) electrons. The third-order valence-electron chi connectivity index (χ3n) is 3.81. The number of aryl methyl sites for hydroxylation is 1. The number of rotatable bonds is 4. The average Bonchev–Trinajstić information content (AvgIpc) is 2.60. The zero-order chi connectivity index (χ0) is 13.7. The fraction of sp³-hybridized carbons (Fsp3) is 0.714. The van der Waals surface area contributed by atoms with E-state index in [1.807, 2.05) is 17.8 Å². The molecule has 19 heavy (non-hydrogen) atoms. The predicted octanol–water partition coefficient (Wildman–Crippen LogP) is 3.03. The van der Waals surface area contributed by atoms with Crippen molar-refractivity contribution in [2.24, 2.45) is 0 Å². The van der Waals surface area contributed by atoms with Crippen molar-refractivity contribution in [2.75, 3.05) is 0 Å². The Hall–Kier alpha value is -0.590. The van der Waals surface area contributed by atoms with Crippen molar-refractivity contribution in [3.63, 3.8) is 0 Å². The number of carbonyl (C=O) groups excluding carboxylic acids is 1. The molecule has 0 bridgehead atoms. The molecular weight excluding hydrogens is 353 g/mol. The van der Waals surface area contributed by atoms with Crippen LogP contribution >= 0.6 is 22.6 Å². The number of aromatic nitrogens is 2. The van der Waals surface area contributed by atoms with Crippen LogP contribution in [-0.4, -0.2) is 21.7 Å². The van der Waals surface area contributed by atoms with Gasteiger partial charge in [0.2, 0.25) is 5.91 Å². The maximum absolute atomic E-state index is 12.0. The first-order valence-corrected chi connectivity index (χ1v) is 8.22. The number of nitrogens with one attached hydrogen (secondary N) is 1. The first-order chi connectivity index (χ1) is 9.16. The fourth-order valence-electron chi connectivity index (χ4n) is 2.58. The molecule has 4 nitrogen and oxygen atoms in total. The molecule has 0 atom stereocenters. The number of amides is 1. The van der Waals surface area contributed by atoms with Gasteiger partial charge in [0.25, 0.3) is 0 Å². The molecule has 5 heteroatoms. The summed E-state index contributed by atoms with van der Waals surface area (Å²) in [7, 11) is 0. The van der Waals surface area contributed by atoms with Crippen LogP contribution in [0.4, 0.5) is 0 Å². The fourth-order valence-corrected chi connectivity index (χ4v) is 2.98. The maximum Gasteiger partial charge on any atom is 0.222 e. The Morgan fingerprint density at radius 1 is 1.42 bits per heavy atom. The van der Waals surface area contributed by atoms with Crippen LogP contribution in [0.15, 0.2) is 6.20 Å². The minimum atomic E-state index is 0.164. The lowest BCUT2D eigenvalue weighted by Gasteiger charge is -2.16. The summed E-state index contributed by atoms with van der Waals surface area (Å²) in [4.78, 5) is 12.0. The molecule has 0 aliphatic heterocycles. The van der Waals surface area contributed by atoms with E-state index in [2.05, 4.69) is 33.0 Å². The van der Waals surface area contributed by atoms with Crippen molar-refractivity contribution in [1.82, 2.24) is 15.1 Å². The van der Waals surface area contributed by atoms with Crippen LogP contribution in [0.5, 0.6) is 0 Å². The number of halogens is 1. The van der Waals surface area contributed by atoms with Crippen LogP contribution in [-0.2, 0) is 11.3 Å². The van der Waals surface area contributed by atoms with Crippen molar-refractivity contribution in [2.45, 2.75) is 64.5 Å². The van der Waals surface area contributed by atoms with Crippen LogP contribution in [0, 0.1) is 10.5 Å². The third-order valence-corrected chi connectivity index (χ3v) is 4.87. The lowest BCUT2D eigenvalue weighted by Crippen LogP contribution is -2.34. The van der Waals surface area contributed by atoms with E-state index in [1.54, 1.807) is 0 Å². The molecule has 106 valence electrons. The molecule has 0 spiro atoms. The molecule has 1 N–H and O–H groups in total. The van der Waals surface area contributed by atoms with Gasteiger partial charge in [0.15, 0.2) is 0 Å². The van der Waals surface area contributed by atoms with Gasteiger partial charge in [-0.15, -0.1) is 0 Å². The van der Waals surface area contributed by atoms with Crippen molar-refractivity contribution >= 4 is 28.5 Å². The van der Waals surface area contributed by atoms with E-state index in [-0.39, 0.29) is 5.91 Å². The van der Waals surface area contributed by atoms with Crippen LogP contribution in [0.25, 0.3) is 0 Å². The molecular formula is C14H22IN3O. The van der Waals surface area contributed by atoms with Crippen molar-refractivity contribution in [3.05, 3.63) is 15.5 Å². The second-order valence-electron chi connectivity index (χ2n) is 5.31. The zero-order valence-electron chi connectivity index (χ0n) is 11.5. The summed E-state index contributed by atoms with van der Waals surface area (Å²) < 4.78 is 3.07. The summed E-state index contributed by atoms with van der Waals surface area (Å²) in [6.07, 6.45) is 9.79. The van der Waals surface area contributed by atoms with Gasteiger partial charge in [-0.05, 0) is 42.4 Å². The number of carbonyl (C=O) groups is 1. The number of hydrogen-bond donors (Lipinski definition) is 1. The first-order valence-electron chi connectivity index (χ1n) is 7.14. The van der Waals surface area contributed by atoms with Gasteiger partial charge < -0.3 is 5.32 Å². The van der Waals surface area contributed by atoms with E-state index in [9.17, 15) is 4.79 Å². The summed E-state index contributed by atoms with van der Waals surface area (Å²) in [5, 5.41) is 7.45. The molecule has 2 rings (SSSR count). The lowest BCUT2D eigenvalue weighted by molar-refractivity contribution is -0.122. The predicted molar refractivity (Wildman–Crippen MR) is 83.9 cm³/mol. The van der Waals surface area contributed by atoms with Crippen LogP contribution in [0.2, 0.25) is 0 Å². The topological polar surface area (TPSA) is 46.9 Å². The quantitative estimate of drug-likeness (QED) is 0.650. The SMILES string of the molecule is Cc1c(I)cnn1CCC(=O)NC1CCCCCC1. The second kappa shape index (κ2) is 7.26. The van der Waals surface area contributed by atoms with Gasteiger partial charge in [-0.3, -0.25) is 9.48 Å². The van der Waals surface area contributed by atoms with Gasteiger partial charge in [-0.2, -0.15) is 5.10 Å². The van der Waals surface area contributed by atoms with Crippen molar-refractivity contribution in [3.8, 4) is 0 Å². The summed E-state index contributed by atoms with van der Waals surface area (Å²) >= 11 is 2.27. The van der Waals surface area contributed by atoms with E-state index in [0.717, 1.165) is 22.1 Å². The van der Waals surface area contributed by atoms with Crippen LogP contribution < -0.4 is 5.32 Å². The van der Waals surface area contributed by atoms with Gasteiger partial charge >= 0.3 is 0 Å². The smallest absolute Gasteiger partial charge is 0.222 e. The Kier molecular flexibility index (Phi) is 5.66. The Balaban J connectivity index is 1.76. The Morgan fingerprint density at radius 3 is 2.68 bits per heavy atom. The summed E-state index contributed by atoms with van der Waals surface area (Å²) in [6, 6.07) is 0.397. The van der Waals surface area contributed by atoms with Gasteiger partial charge in [-0.25, -0.2) is 0 Å². The monoisotopic (exact) mass is 375 g/mol. The van der Waals surface area contributed by atoms with E-state index < -0.39 is 0 Å². The molecule has 0 aromatic carbocycles. The molecule has 1 amide bonds. The molecule has 1 saturated carbocycles. The molecule has 0 saturated heterocycles. The van der Waals surface area contributed by atoms with Crippen molar-refractivity contribution < 1.29 is 4.79 Å². The maximum atomic E-state index is 12.0. The highest BCUT2D eigenvalue weighted by Crippen LogP contribution is 2.17. The highest BCUT2D eigenvalue weighted by Gasteiger charge is 2.14. The highest BCUT2D eigenvalue weighted by atomic mass is 127. The lowest BCUT2D eigenvalue weighted by atomic mass is 10.1. The molecule has 1 heterocycles. The molecule has 1 aromatic rings. The van der Waals surface area contributed by atoms with Gasteiger partial charge in [0.1, 0.15) is 0 Å². The van der Waals surface area contributed by atoms with Gasteiger partial charge in [0, 0.05) is 24.7 Å². The second-order valence-corrected chi connectivity index (χ2v) is 6.47. The number of hydrogen-bond acceptors (Lipinski definition) is 2. The minimum Gasteiger partial charge on any atom is -0.353 e. The Morgan fingerprint density at radius 2 is 2.11 bits per heavy atom. The normalized spacial score (nSPS) is 17.2. The van der Waals surface area contributed by atoms with Crippen molar-refractivity contribution in [1.29, 1.82) is 0 Å². The molecule has 1 aromatic heterocycles. The summed E-state index contributed by atoms with van der Waals surface area (Å²) in [6.45, 7) is 2.71. The minimum absolute atomic E-state index is 0.164. The standard InChI is InChI=1S/C14H22IN3O/c1-11-13(15)10-16-18(11)9-8-14(19)17-12-6-4-2-3-5-7-12/h10,12H,2-9H2,1H3,(H,17,19). The molecule has 1 fully saturated rings. The molecule has 0 unspecified atom stereocenters. The highest BCUT2D eigenvalue weighted by molar-refractivity contribution is 14.1. The average molecular weight is 375 g/mol. The van der Waals surface area contributed by atoms with E-state index >= 15 is 0 Å². The zero-order valence-corrected chi connectivity index (χ0v) is 13.6. The first kappa shape index (κ1) is 14.8. The largest absolute Gasteiger partial charge is 0.353 e. The third kappa shape index (κ3) is 4.47. The van der Waals surface area contributed by atoms with E-state index in [0.29, 0.717) is 19.0 Å². The Labute approximate surface area is 128 Å². The van der Waals surface area contributed by atoms with E-state index in [4.69, 9.17) is 0 Å². The Bertz CT molecular complexity index is 422. The van der Waals surface area contributed by atoms with Crippen LogP contribution in [0.1, 0.15) is 50.6 Å². The summed E-state index contributed by atoms with van der Waals surface area (Å²) in [5.74, 6) is 0.164. The number of nitrogens with zero attached hydrogens (tertiary/aromatic N) is 2. The van der Waals surface area contributed by atoms with Gasteiger partial charge in [0.05, 0.1) is 9.77 Å². The molecule has 1 aliphatic carbocycles. The summed E-state index contributed by atoms with van der Waals surface area (Å²) in [5.41, 5.74) is 1.14. The van der Waals surface area contributed by atoms with E-state index in [1.165, 1.54) is 25.7 Å². The van der Waals surface area contributed by atoms with Gasteiger partial charge in [-0.1, -0.05) is 25.7 Å².